The van der Waals surface area contributed by atoms with Crippen molar-refractivity contribution in [3.63, 3.8) is 0 Å². The summed E-state index contributed by atoms with van der Waals surface area (Å²) >= 11 is 0. The van der Waals surface area contributed by atoms with Crippen molar-refractivity contribution in [1.82, 2.24) is 4.90 Å². The fourth-order valence-corrected chi connectivity index (χ4v) is 4.08. The van der Waals surface area contributed by atoms with E-state index in [0.29, 0.717) is 29.9 Å². The highest BCUT2D eigenvalue weighted by Crippen LogP contribution is 2.42. The standard InChI is InChI=1S/C21H30N4O4/c1-20(2,3)29-19(27)25-11-9-21(25)8-10-24(13-21)16-7-6-14(18(26)28-5)17(22)15(16)12-23-4/h6-7,12H,8-11,13,22H2,1-5H3. The molecule has 3 rings (SSSR count). The maximum Gasteiger partial charge on any atom is 0.410 e. The van der Waals surface area contributed by atoms with Crippen LogP contribution in [0.3, 0.4) is 0 Å². The summed E-state index contributed by atoms with van der Waals surface area (Å²) in [6, 6.07) is 3.55. The minimum Gasteiger partial charge on any atom is -0.465 e. The summed E-state index contributed by atoms with van der Waals surface area (Å²) in [4.78, 5) is 32.8. The Kier molecular flexibility index (Phi) is 5.47. The van der Waals surface area contributed by atoms with E-state index in [-0.39, 0.29) is 11.6 Å². The molecule has 1 aromatic rings. The molecule has 2 saturated heterocycles. The molecule has 0 aromatic heterocycles. The summed E-state index contributed by atoms with van der Waals surface area (Å²) in [5, 5.41) is 0. The third-order valence-corrected chi connectivity index (χ3v) is 5.59. The lowest BCUT2D eigenvalue weighted by Crippen LogP contribution is -2.64. The average Bonchev–Trinajstić information content (AvgIpc) is 3.08. The van der Waals surface area contributed by atoms with Gasteiger partial charge in [-0.15, -0.1) is 0 Å². The van der Waals surface area contributed by atoms with Crippen LogP contribution in [0.15, 0.2) is 17.1 Å². The Bertz CT molecular complexity index is 846. The first-order chi connectivity index (χ1) is 13.6. The monoisotopic (exact) mass is 402 g/mol. The van der Waals surface area contributed by atoms with E-state index in [9.17, 15) is 9.59 Å². The number of ether oxygens (including phenoxy) is 2. The van der Waals surface area contributed by atoms with Crippen LogP contribution < -0.4 is 10.6 Å². The van der Waals surface area contributed by atoms with Crippen LogP contribution in [0, 0.1) is 0 Å². The van der Waals surface area contributed by atoms with Gasteiger partial charge in [-0.2, -0.15) is 0 Å². The lowest BCUT2D eigenvalue weighted by molar-refractivity contribution is -0.0362. The van der Waals surface area contributed by atoms with Crippen molar-refractivity contribution in [2.75, 3.05) is 44.4 Å². The van der Waals surface area contributed by atoms with Crippen molar-refractivity contribution in [2.45, 2.75) is 44.8 Å². The molecule has 2 aliphatic heterocycles. The molecule has 2 heterocycles. The third kappa shape index (κ3) is 3.88. The second-order valence-corrected chi connectivity index (χ2v) is 8.62. The molecule has 0 saturated carbocycles. The molecule has 2 fully saturated rings. The van der Waals surface area contributed by atoms with Crippen LogP contribution in [0.1, 0.15) is 49.5 Å². The van der Waals surface area contributed by atoms with Crippen LogP contribution in [-0.2, 0) is 9.47 Å². The molecule has 1 unspecified atom stereocenters. The SMILES string of the molecule is CN=Cc1c(N2CCC3(CCN3C(=O)OC(C)(C)C)C2)ccc(C(=O)OC)c1N. The summed E-state index contributed by atoms with van der Waals surface area (Å²) < 4.78 is 10.4. The van der Waals surface area contributed by atoms with Gasteiger partial charge in [0, 0.05) is 44.1 Å². The Balaban J connectivity index is 1.85. The highest BCUT2D eigenvalue weighted by molar-refractivity contribution is 6.04. The first-order valence-electron chi connectivity index (χ1n) is 9.80. The van der Waals surface area contributed by atoms with Crippen molar-refractivity contribution in [1.29, 1.82) is 0 Å². The number of rotatable bonds is 3. The quantitative estimate of drug-likeness (QED) is 0.474. The maximum atomic E-state index is 12.6. The highest BCUT2D eigenvalue weighted by Gasteiger charge is 2.53. The van der Waals surface area contributed by atoms with E-state index in [2.05, 4.69) is 9.89 Å². The number of aliphatic imine (C=N–C) groups is 1. The van der Waals surface area contributed by atoms with Crippen LogP contribution >= 0.6 is 0 Å². The first kappa shape index (κ1) is 21.0. The summed E-state index contributed by atoms with van der Waals surface area (Å²) in [6.45, 7) is 7.80. The van der Waals surface area contributed by atoms with Gasteiger partial charge in [-0.1, -0.05) is 0 Å². The van der Waals surface area contributed by atoms with E-state index in [1.54, 1.807) is 19.3 Å². The van der Waals surface area contributed by atoms with Gasteiger partial charge in [-0.3, -0.25) is 4.99 Å². The predicted octanol–water partition coefficient (Wildman–Crippen LogP) is 2.69. The van der Waals surface area contributed by atoms with Crippen molar-refractivity contribution in [3.05, 3.63) is 23.3 Å². The van der Waals surface area contributed by atoms with Crippen LogP contribution in [0.2, 0.25) is 0 Å². The van der Waals surface area contributed by atoms with Gasteiger partial charge in [-0.25, -0.2) is 9.59 Å². The number of methoxy groups -OCH3 is 1. The van der Waals surface area contributed by atoms with E-state index in [0.717, 1.165) is 25.1 Å². The van der Waals surface area contributed by atoms with Crippen LogP contribution in [-0.4, -0.2) is 68.1 Å². The van der Waals surface area contributed by atoms with Gasteiger partial charge in [0.15, 0.2) is 0 Å². The molecule has 8 nitrogen and oxygen atoms in total. The van der Waals surface area contributed by atoms with E-state index >= 15 is 0 Å². The zero-order valence-corrected chi connectivity index (χ0v) is 17.8. The number of benzene rings is 1. The molecule has 158 valence electrons. The minimum atomic E-state index is -0.519. The molecule has 2 N–H and O–H groups in total. The number of nitrogens with zero attached hydrogens (tertiary/aromatic N) is 3. The number of hydrogen-bond donors (Lipinski definition) is 1. The topological polar surface area (TPSA) is 97.5 Å². The number of hydrogen-bond acceptors (Lipinski definition) is 7. The van der Waals surface area contributed by atoms with Crippen LogP contribution in [0.25, 0.3) is 0 Å². The number of nitrogen functional groups attached to an aromatic ring is 1. The zero-order valence-electron chi connectivity index (χ0n) is 17.8. The Morgan fingerprint density at radius 3 is 2.48 bits per heavy atom. The maximum absolute atomic E-state index is 12.6. The lowest BCUT2D eigenvalue weighted by Gasteiger charge is -2.50. The fraction of sp³-hybridized carbons (Fsp3) is 0.571. The summed E-state index contributed by atoms with van der Waals surface area (Å²) in [5.41, 5.74) is 7.78. The number of likely N-dealkylation sites (tertiary alicyclic amines) is 1. The zero-order chi connectivity index (χ0) is 21.4. The Labute approximate surface area is 171 Å². The molecular weight excluding hydrogens is 372 g/mol. The number of carbonyl (C=O) groups excluding carboxylic acids is 2. The van der Waals surface area contributed by atoms with E-state index in [4.69, 9.17) is 15.2 Å². The summed E-state index contributed by atoms with van der Waals surface area (Å²) in [5.74, 6) is -0.479. The molecule has 1 spiro atoms. The summed E-state index contributed by atoms with van der Waals surface area (Å²) in [7, 11) is 2.99. The van der Waals surface area contributed by atoms with Crippen molar-refractivity contribution < 1.29 is 19.1 Å². The average molecular weight is 402 g/mol. The molecule has 0 aliphatic carbocycles. The van der Waals surface area contributed by atoms with Crippen molar-refractivity contribution in [2.24, 2.45) is 4.99 Å². The molecular formula is C21H30N4O4. The Hall–Kier alpha value is -2.77. The first-order valence-corrected chi connectivity index (χ1v) is 9.80. The second kappa shape index (κ2) is 7.57. The smallest absolute Gasteiger partial charge is 0.410 e. The molecule has 0 radical (unpaired) electrons. The number of carbonyl (C=O) groups is 2. The number of anilines is 2. The third-order valence-electron chi connectivity index (χ3n) is 5.59. The van der Waals surface area contributed by atoms with E-state index < -0.39 is 11.6 Å². The number of nitrogens with two attached hydrogens (primary N) is 1. The highest BCUT2D eigenvalue weighted by atomic mass is 16.6. The molecule has 2 aliphatic rings. The normalized spacial score (nSPS) is 21.6. The fourth-order valence-electron chi connectivity index (χ4n) is 4.08. The van der Waals surface area contributed by atoms with Crippen molar-refractivity contribution >= 4 is 29.7 Å². The van der Waals surface area contributed by atoms with Crippen LogP contribution in [0.5, 0.6) is 0 Å². The van der Waals surface area contributed by atoms with Gasteiger partial charge in [0.05, 0.1) is 23.9 Å². The van der Waals surface area contributed by atoms with Crippen LogP contribution in [0.4, 0.5) is 16.2 Å². The van der Waals surface area contributed by atoms with E-state index in [1.165, 1.54) is 7.11 Å². The molecule has 1 aromatic carbocycles. The second-order valence-electron chi connectivity index (χ2n) is 8.62. The van der Waals surface area contributed by atoms with E-state index in [1.807, 2.05) is 31.7 Å². The van der Waals surface area contributed by atoms with Crippen molar-refractivity contribution in [3.8, 4) is 0 Å². The molecule has 1 amide bonds. The van der Waals surface area contributed by atoms with Gasteiger partial charge in [0.2, 0.25) is 0 Å². The lowest BCUT2D eigenvalue weighted by atomic mass is 9.84. The van der Waals surface area contributed by atoms with Gasteiger partial charge < -0.3 is 25.0 Å². The van der Waals surface area contributed by atoms with Gasteiger partial charge in [0.1, 0.15) is 5.60 Å². The number of esters is 1. The molecule has 0 bridgehead atoms. The predicted molar refractivity (Wildman–Crippen MR) is 113 cm³/mol. The Morgan fingerprint density at radius 1 is 1.24 bits per heavy atom. The number of amides is 1. The molecule has 1 atom stereocenters. The largest absolute Gasteiger partial charge is 0.465 e. The van der Waals surface area contributed by atoms with Gasteiger partial charge >= 0.3 is 12.1 Å². The molecule has 8 heteroatoms. The summed E-state index contributed by atoms with van der Waals surface area (Å²) in [6.07, 6.45) is 3.19. The molecule has 29 heavy (non-hydrogen) atoms. The van der Waals surface area contributed by atoms with Gasteiger partial charge in [0.25, 0.3) is 0 Å². The van der Waals surface area contributed by atoms with Gasteiger partial charge in [-0.05, 0) is 45.7 Å². The Morgan fingerprint density at radius 2 is 1.93 bits per heavy atom. The minimum absolute atomic E-state index is 0.223.